The van der Waals surface area contributed by atoms with E-state index in [1.807, 2.05) is 4.40 Å². The van der Waals surface area contributed by atoms with Crippen LogP contribution >= 0.6 is 0 Å². The Bertz CT molecular complexity index is 684. The van der Waals surface area contributed by atoms with E-state index in [1.165, 1.54) is 24.8 Å². The largest absolute Gasteiger partial charge is 0.476 e. The van der Waals surface area contributed by atoms with Gasteiger partial charge in [0.1, 0.15) is 12.4 Å². The van der Waals surface area contributed by atoms with Crippen molar-refractivity contribution >= 4 is 5.65 Å². The van der Waals surface area contributed by atoms with Crippen LogP contribution in [0.1, 0.15) is 51.4 Å². The fourth-order valence-corrected chi connectivity index (χ4v) is 3.25. The molecule has 0 radical (unpaired) electrons. The number of fused-ring (bicyclic) bond motifs is 1. The summed E-state index contributed by atoms with van der Waals surface area (Å²) in [6, 6.07) is 4.17. The zero-order chi connectivity index (χ0) is 17.2. The zero-order valence-electron chi connectivity index (χ0n) is 15.0. The Hall–Kier alpha value is -1.66. The maximum Gasteiger partial charge on any atom is 0.201 e. The molecule has 132 valence electrons. The molecule has 6 heteroatoms. The highest BCUT2D eigenvalue weighted by Crippen LogP contribution is 2.27. The van der Waals surface area contributed by atoms with Crippen LogP contribution in [0.3, 0.4) is 0 Å². The first kappa shape index (κ1) is 17.2. The lowest BCUT2D eigenvalue weighted by molar-refractivity contribution is 0.193. The molecule has 1 saturated heterocycles. The number of aliphatic hydroxyl groups is 1. The molecule has 0 aliphatic carbocycles. The summed E-state index contributed by atoms with van der Waals surface area (Å²) in [4.78, 5) is 2.48. The van der Waals surface area contributed by atoms with Crippen LogP contribution in [-0.2, 0) is 12.0 Å². The number of hydrogen-bond acceptors (Lipinski definition) is 5. The van der Waals surface area contributed by atoms with Crippen LogP contribution in [0.5, 0.6) is 5.88 Å². The summed E-state index contributed by atoms with van der Waals surface area (Å²) in [6.45, 7) is 9.80. The van der Waals surface area contributed by atoms with E-state index < -0.39 is 0 Å². The molecule has 6 nitrogen and oxygen atoms in total. The molecular formula is C18H28N4O2. The Kier molecular flexibility index (Phi) is 5.06. The summed E-state index contributed by atoms with van der Waals surface area (Å²) in [5, 5.41) is 17.9. The predicted molar refractivity (Wildman–Crippen MR) is 93.4 cm³/mol. The maximum atomic E-state index is 9.14. The lowest BCUT2D eigenvalue weighted by Crippen LogP contribution is -2.29. The second-order valence-electron chi connectivity index (χ2n) is 7.58. The van der Waals surface area contributed by atoms with E-state index in [0.29, 0.717) is 5.88 Å². The van der Waals surface area contributed by atoms with Crippen LogP contribution in [0.25, 0.3) is 5.65 Å². The number of piperidine rings is 1. The van der Waals surface area contributed by atoms with E-state index in [-0.39, 0.29) is 18.6 Å². The van der Waals surface area contributed by atoms with E-state index in [0.717, 1.165) is 31.1 Å². The Morgan fingerprint density at radius 2 is 1.88 bits per heavy atom. The van der Waals surface area contributed by atoms with Gasteiger partial charge in [0.25, 0.3) is 0 Å². The van der Waals surface area contributed by atoms with Crippen molar-refractivity contribution in [2.24, 2.45) is 0 Å². The van der Waals surface area contributed by atoms with E-state index in [9.17, 15) is 0 Å². The van der Waals surface area contributed by atoms with Gasteiger partial charge in [0.05, 0.1) is 6.61 Å². The second-order valence-corrected chi connectivity index (χ2v) is 7.58. The third kappa shape index (κ3) is 3.70. The molecule has 1 aliphatic heterocycles. The predicted octanol–water partition coefficient (Wildman–Crippen LogP) is 2.38. The number of hydrogen-bond donors (Lipinski definition) is 1. The average molecular weight is 332 g/mol. The van der Waals surface area contributed by atoms with E-state index >= 15 is 0 Å². The van der Waals surface area contributed by atoms with Crippen molar-refractivity contribution in [2.45, 2.75) is 52.0 Å². The molecule has 1 N–H and O–H groups in total. The molecule has 0 amide bonds. The van der Waals surface area contributed by atoms with Gasteiger partial charge in [-0.1, -0.05) is 27.2 Å². The molecule has 0 bridgehead atoms. The number of ether oxygens (including phenoxy) is 1. The van der Waals surface area contributed by atoms with Gasteiger partial charge >= 0.3 is 0 Å². The highest BCUT2D eigenvalue weighted by molar-refractivity contribution is 5.47. The van der Waals surface area contributed by atoms with Gasteiger partial charge in [-0.25, -0.2) is 4.40 Å². The summed E-state index contributed by atoms with van der Waals surface area (Å²) >= 11 is 0. The number of aliphatic hydroxyl groups excluding tert-OH is 1. The summed E-state index contributed by atoms with van der Waals surface area (Å²) < 4.78 is 7.77. The molecule has 0 aromatic carbocycles. The number of rotatable bonds is 5. The van der Waals surface area contributed by atoms with Gasteiger partial charge in [-0.2, -0.15) is 0 Å². The van der Waals surface area contributed by atoms with Crippen LogP contribution in [-0.4, -0.2) is 50.9 Å². The van der Waals surface area contributed by atoms with Crippen LogP contribution in [0.2, 0.25) is 0 Å². The van der Waals surface area contributed by atoms with E-state index in [2.05, 4.69) is 48.0 Å². The Balaban J connectivity index is 1.97. The minimum absolute atomic E-state index is 0.00910. The third-order valence-electron chi connectivity index (χ3n) is 4.40. The van der Waals surface area contributed by atoms with Crippen molar-refractivity contribution < 1.29 is 9.84 Å². The van der Waals surface area contributed by atoms with Gasteiger partial charge in [-0.15, -0.1) is 10.2 Å². The molecule has 3 rings (SSSR count). The molecule has 1 fully saturated rings. The van der Waals surface area contributed by atoms with Crippen molar-refractivity contribution in [3.63, 3.8) is 0 Å². The van der Waals surface area contributed by atoms with Gasteiger partial charge < -0.3 is 9.84 Å². The third-order valence-corrected chi connectivity index (χ3v) is 4.40. The van der Waals surface area contributed by atoms with Crippen molar-refractivity contribution in [2.75, 3.05) is 26.3 Å². The maximum absolute atomic E-state index is 9.14. The first-order valence-electron chi connectivity index (χ1n) is 8.83. The standard InChI is InChI=1S/C18H28N4O2/c1-18(2,3)17-20-19-15-11-14(13-21-7-5-4-6-8-21)12-16(22(15)17)24-10-9-23/h11-12,23H,4-10,13H2,1-3H3. The molecule has 0 saturated carbocycles. The smallest absolute Gasteiger partial charge is 0.201 e. The Morgan fingerprint density at radius 3 is 2.54 bits per heavy atom. The summed E-state index contributed by atoms with van der Waals surface area (Å²) in [7, 11) is 0. The van der Waals surface area contributed by atoms with Gasteiger partial charge in [-0.3, -0.25) is 4.90 Å². The molecule has 24 heavy (non-hydrogen) atoms. The zero-order valence-corrected chi connectivity index (χ0v) is 15.0. The van der Waals surface area contributed by atoms with Crippen molar-refractivity contribution in [3.05, 3.63) is 23.5 Å². The SMILES string of the molecule is CC(C)(C)c1nnc2cc(CN3CCCCC3)cc(OCCO)n12. The fourth-order valence-electron chi connectivity index (χ4n) is 3.25. The van der Waals surface area contributed by atoms with Gasteiger partial charge in [0, 0.05) is 18.0 Å². The van der Waals surface area contributed by atoms with Crippen LogP contribution in [0.15, 0.2) is 12.1 Å². The molecule has 3 heterocycles. The quantitative estimate of drug-likeness (QED) is 0.911. The molecule has 2 aromatic rings. The fraction of sp³-hybridized carbons (Fsp3) is 0.667. The highest BCUT2D eigenvalue weighted by Gasteiger charge is 2.24. The van der Waals surface area contributed by atoms with Crippen molar-refractivity contribution in [1.29, 1.82) is 0 Å². The lowest BCUT2D eigenvalue weighted by Gasteiger charge is -2.26. The summed E-state index contributed by atoms with van der Waals surface area (Å²) in [5.41, 5.74) is 1.86. The minimum atomic E-state index is -0.134. The molecular weight excluding hydrogens is 304 g/mol. The van der Waals surface area contributed by atoms with E-state index in [4.69, 9.17) is 9.84 Å². The Morgan fingerprint density at radius 1 is 1.12 bits per heavy atom. The minimum Gasteiger partial charge on any atom is -0.476 e. The summed E-state index contributed by atoms with van der Waals surface area (Å²) in [6.07, 6.45) is 3.88. The highest BCUT2D eigenvalue weighted by atomic mass is 16.5. The van der Waals surface area contributed by atoms with Crippen LogP contribution < -0.4 is 4.74 Å². The lowest BCUT2D eigenvalue weighted by atomic mass is 9.96. The molecule has 2 aromatic heterocycles. The first-order chi connectivity index (χ1) is 11.5. The molecule has 0 spiro atoms. The van der Waals surface area contributed by atoms with Crippen molar-refractivity contribution in [1.82, 2.24) is 19.5 Å². The number of pyridine rings is 1. The normalized spacial score (nSPS) is 16.7. The molecule has 1 aliphatic rings. The first-order valence-corrected chi connectivity index (χ1v) is 8.83. The second kappa shape index (κ2) is 7.07. The van der Waals surface area contributed by atoms with Gasteiger partial charge in [-0.05, 0) is 37.6 Å². The number of aromatic nitrogens is 3. The summed E-state index contributed by atoms with van der Waals surface area (Å²) in [5.74, 6) is 1.58. The van der Waals surface area contributed by atoms with Crippen LogP contribution in [0, 0.1) is 0 Å². The molecule has 0 atom stereocenters. The Labute approximate surface area is 143 Å². The van der Waals surface area contributed by atoms with E-state index in [1.54, 1.807) is 0 Å². The van der Waals surface area contributed by atoms with Crippen molar-refractivity contribution in [3.8, 4) is 5.88 Å². The van der Waals surface area contributed by atoms with Gasteiger partial charge in [0.2, 0.25) is 5.88 Å². The van der Waals surface area contributed by atoms with Gasteiger partial charge in [0.15, 0.2) is 5.65 Å². The number of likely N-dealkylation sites (tertiary alicyclic amines) is 1. The monoisotopic (exact) mass is 332 g/mol. The van der Waals surface area contributed by atoms with Crippen LogP contribution in [0.4, 0.5) is 0 Å². The number of nitrogens with zero attached hydrogens (tertiary/aromatic N) is 4. The topological polar surface area (TPSA) is 62.9 Å². The molecule has 0 unspecified atom stereocenters. The average Bonchev–Trinajstić information content (AvgIpc) is 2.98.